The summed E-state index contributed by atoms with van der Waals surface area (Å²) in [4.78, 5) is 35.7. The second-order valence-electron chi connectivity index (χ2n) is 5.92. The van der Waals surface area contributed by atoms with Crippen molar-refractivity contribution in [2.45, 2.75) is 32.3 Å². The van der Waals surface area contributed by atoms with E-state index in [2.05, 4.69) is 4.74 Å². The van der Waals surface area contributed by atoms with Gasteiger partial charge in [-0.25, -0.2) is 0 Å². The minimum Gasteiger partial charge on any atom is -0.469 e. The molecule has 25 heavy (non-hydrogen) atoms. The van der Waals surface area contributed by atoms with E-state index in [-0.39, 0.29) is 42.1 Å². The third-order valence-electron chi connectivity index (χ3n) is 4.18. The first kappa shape index (κ1) is 18.9. The van der Waals surface area contributed by atoms with Gasteiger partial charge in [-0.1, -0.05) is 0 Å². The van der Waals surface area contributed by atoms with Crippen molar-refractivity contribution in [2.24, 2.45) is 0 Å². The molecule has 8 heteroatoms. The molecule has 2 rings (SSSR count). The molecule has 1 heterocycles. The lowest BCUT2D eigenvalue weighted by Gasteiger charge is -2.27. The van der Waals surface area contributed by atoms with Crippen LogP contribution in [-0.4, -0.2) is 49.6 Å². The fourth-order valence-electron chi connectivity index (χ4n) is 2.83. The molecule has 1 aromatic carbocycles. The van der Waals surface area contributed by atoms with Crippen molar-refractivity contribution in [3.05, 3.63) is 33.9 Å². The van der Waals surface area contributed by atoms with Gasteiger partial charge in [0.2, 0.25) is 0 Å². The van der Waals surface area contributed by atoms with Crippen molar-refractivity contribution in [3.63, 3.8) is 0 Å². The van der Waals surface area contributed by atoms with Crippen LogP contribution >= 0.6 is 0 Å². The molecule has 0 bridgehead atoms. The van der Waals surface area contributed by atoms with Gasteiger partial charge in [0.15, 0.2) is 5.78 Å². The van der Waals surface area contributed by atoms with E-state index < -0.39 is 4.92 Å². The topological polar surface area (TPSA) is 99.0 Å². The van der Waals surface area contributed by atoms with Gasteiger partial charge in [-0.2, -0.15) is 0 Å². The summed E-state index contributed by atoms with van der Waals surface area (Å²) in [6.45, 7) is 2.74. The average molecular weight is 350 g/mol. The Balaban J connectivity index is 2.31. The first-order chi connectivity index (χ1) is 11.9. The van der Waals surface area contributed by atoms with Crippen molar-refractivity contribution in [1.29, 1.82) is 0 Å². The van der Waals surface area contributed by atoms with E-state index in [4.69, 9.17) is 4.74 Å². The van der Waals surface area contributed by atoms with Crippen molar-refractivity contribution in [1.82, 2.24) is 0 Å². The Hall–Kier alpha value is -2.48. The quantitative estimate of drug-likeness (QED) is 0.307. The van der Waals surface area contributed by atoms with Gasteiger partial charge in [-0.05, 0) is 31.9 Å². The Bertz CT molecular complexity index is 655. The number of carbonyl (C=O) groups excluding carboxylic acids is 2. The summed E-state index contributed by atoms with van der Waals surface area (Å²) >= 11 is 0. The highest BCUT2D eigenvalue weighted by Gasteiger charge is 2.26. The molecule has 1 aliphatic rings. The van der Waals surface area contributed by atoms with Gasteiger partial charge in [0, 0.05) is 31.3 Å². The summed E-state index contributed by atoms with van der Waals surface area (Å²) in [5, 5.41) is 11.5. The summed E-state index contributed by atoms with van der Waals surface area (Å²) in [6, 6.07) is 4.39. The van der Waals surface area contributed by atoms with Crippen LogP contribution < -0.4 is 4.90 Å². The molecule has 1 fully saturated rings. The van der Waals surface area contributed by atoms with Gasteiger partial charge >= 0.3 is 5.97 Å². The Labute approximate surface area is 145 Å². The monoisotopic (exact) mass is 350 g/mol. The second kappa shape index (κ2) is 8.57. The van der Waals surface area contributed by atoms with Crippen LogP contribution in [0.2, 0.25) is 0 Å². The molecule has 0 saturated carbocycles. The van der Waals surface area contributed by atoms with Crippen molar-refractivity contribution in [2.75, 3.05) is 31.7 Å². The molecule has 0 radical (unpaired) electrons. The summed E-state index contributed by atoms with van der Waals surface area (Å²) in [5.74, 6) is -0.629. The van der Waals surface area contributed by atoms with Crippen LogP contribution in [0.4, 0.5) is 11.4 Å². The molecular weight excluding hydrogens is 328 g/mol. The van der Waals surface area contributed by atoms with E-state index in [1.807, 2.05) is 0 Å². The normalized spacial score (nSPS) is 16.5. The maximum Gasteiger partial charge on any atom is 0.307 e. The molecule has 0 unspecified atom stereocenters. The number of hydrogen-bond acceptors (Lipinski definition) is 7. The predicted molar refractivity (Wildman–Crippen MR) is 90.9 cm³/mol. The lowest BCUT2D eigenvalue weighted by molar-refractivity contribution is -0.384. The number of anilines is 1. The van der Waals surface area contributed by atoms with Crippen LogP contribution in [0, 0.1) is 10.1 Å². The van der Waals surface area contributed by atoms with Gasteiger partial charge < -0.3 is 14.4 Å². The van der Waals surface area contributed by atoms with Crippen LogP contribution in [0.15, 0.2) is 18.2 Å². The largest absolute Gasteiger partial charge is 0.469 e. The molecule has 0 amide bonds. The van der Waals surface area contributed by atoms with E-state index in [0.717, 1.165) is 12.8 Å². The maximum absolute atomic E-state index is 11.5. The van der Waals surface area contributed by atoms with Crippen molar-refractivity contribution >= 4 is 23.1 Å². The van der Waals surface area contributed by atoms with E-state index in [9.17, 15) is 19.7 Å². The number of hydrogen-bond donors (Lipinski definition) is 0. The zero-order chi connectivity index (χ0) is 18.4. The van der Waals surface area contributed by atoms with Gasteiger partial charge in [0.1, 0.15) is 5.69 Å². The average Bonchev–Trinajstić information content (AvgIpc) is 3.10. The Morgan fingerprint density at radius 2 is 2.20 bits per heavy atom. The fourth-order valence-corrected chi connectivity index (χ4v) is 2.83. The zero-order valence-corrected chi connectivity index (χ0v) is 14.4. The van der Waals surface area contributed by atoms with Crippen LogP contribution in [0.1, 0.15) is 36.5 Å². The van der Waals surface area contributed by atoms with Crippen LogP contribution in [0.5, 0.6) is 0 Å². The van der Waals surface area contributed by atoms with Crippen molar-refractivity contribution < 1.29 is 24.0 Å². The van der Waals surface area contributed by atoms with Crippen LogP contribution in [0.3, 0.4) is 0 Å². The number of Topliss-reactive ketones (excluding diaryl/α,β-unsaturated/α-hetero) is 1. The first-order valence-corrected chi connectivity index (χ1v) is 8.15. The second-order valence-corrected chi connectivity index (χ2v) is 5.92. The number of carbonyl (C=O) groups is 2. The lowest BCUT2D eigenvalue weighted by atomic mass is 10.1. The van der Waals surface area contributed by atoms with Gasteiger partial charge in [-0.15, -0.1) is 0 Å². The highest BCUT2D eigenvalue weighted by atomic mass is 16.6. The van der Waals surface area contributed by atoms with Gasteiger partial charge in [-0.3, -0.25) is 19.7 Å². The molecule has 136 valence electrons. The van der Waals surface area contributed by atoms with E-state index >= 15 is 0 Å². The third kappa shape index (κ3) is 4.99. The SMILES string of the molecule is COC(=O)CCN(C[C@@H]1CCCO1)c1ccc(C(C)=O)cc1[N+](=O)[O-]. The molecule has 0 aliphatic carbocycles. The Morgan fingerprint density at radius 1 is 1.44 bits per heavy atom. The summed E-state index contributed by atoms with van der Waals surface area (Å²) in [5.41, 5.74) is 0.491. The zero-order valence-electron chi connectivity index (χ0n) is 14.4. The number of ketones is 1. The lowest BCUT2D eigenvalue weighted by Crippen LogP contribution is -2.34. The molecule has 1 atom stereocenters. The number of benzene rings is 1. The van der Waals surface area contributed by atoms with Crippen LogP contribution in [0.25, 0.3) is 0 Å². The smallest absolute Gasteiger partial charge is 0.307 e. The number of nitrogens with zero attached hydrogens (tertiary/aromatic N) is 2. The minimum atomic E-state index is -0.511. The Morgan fingerprint density at radius 3 is 2.76 bits per heavy atom. The molecule has 1 aliphatic heterocycles. The number of esters is 1. The highest BCUT2D eigenvalue weighted by molar-refractivity contribution is 5.95. The summed E-state index contributed by atoms with van der Waals surface area (Å²) < 4.78 is 10.3. The van der Waals surface area contributed by atoms with Crippen molar-refractivity contribution in [3.8, 4) is 0 Å². The minimum absolute atomic E-state index is 0.0373. The molecule has 0 N–H and O–H groups in total. The molecule has 1 aromatic rings. The molecule has 0 spiro atoms. The van der Waals surface area contributed by atoms with E-state index in [1.54, 1.807) is 17.0 Å². The van der Waals surface area contributed by atoms with Gasteiger partial charge in [0.25, 0.3) is 5.69 Å². The predicted octanol–water partition coefficient (Wildman–Crippen LogP) is 2.35. The number of nitro benzene ring substituents is 1. The molecule has 8 nitrogen and oxygen atoms in total. The molecule has 0 aromatic heterocycles. The molecule has 1 saturated heterocycles. The number of nitro groups is 1. The third-order valence-corrected chi connectivity index (χ3v) is 4.18. The standard InChI is InChI=1S/C17H22N2O6/c1-12(20)13-5-6-15(16(10-13)19(22)23)18(8-7-17(21)24-2)11-14-4-3-9-25-14/h5-6,10,14H,3-4,7-9,11H2,1-2H3/t14-/m0/s1. The number of rotatable bonds is 8. The fraction of sp³-hybridized carbons (Fsp3) is 0.529. The highest BCUT2D eigenvalue weighted by Crippen LogP contribution is 2.31. The first-order valence-electron chi connectivity index (χ1n) is 8.15. The van der Waals surface area contributed by atoms with Gasteiger partial charge in [0.05, 0.1) is 24.6 Å². The Kier molecular flexibility index (Phi) is 6.46. The molecular formula is C17H22N2O6. The van der Waals surface area contributed by atoms with Crippen LogP contribution in [-0.2, 0) is 14.3 Å². The maximum atomic E-state index is 11.5. The summed E-state index contributed by atoms with van der Waals surface area (Å²) in [6.07, 6.45) is 1.88. The number of ether oxygens (including phenoxy) is 2. The summed E-state index contributed by atoms with van der Waals surface area (Å²) in [7, 11) is 1.30. The number of methoxy groups -OCH3 is 1. The van der Waals surface area contributed by atoms with E-state index in [0.29, 0.717) is 18.8 Å². The van der Waals surface area contributed by atoms with E-state index in [1.165, 1.54) is 20.1 Å².